The van der Waals surface area contributed by atoms with Crippen LogP contribution in [-0.2, 0) is 16.1 Å². The number of guanidine groups is 1. The first-order valence-corrected chi connectivity index (χ1v) is 9.52. The van der Waals surface area contributed by atoms with E-state index in [-0.39, 0.29) is 18.0 Å². The molecule has 0 spiro atoms. The van der Waals surface area contributed by atoms with E-state index in [9.17, 15) is 9.59 Å². The highest BCUT2D eigenvalue weighted by Gasteiger charge is 2.34. The molecule has 0 atom stereocenters. The summed E-state index contributed by atoms with van der Waals surface area (Å²) in [5.41, 5.74) is 0.578. The third kappa shape index (κ3) is 7.46. The number of hydrogen-bond acceptors (Lipinski definition) is 4. The molecule has 1 aliphatic heterocycles. The molecule has 8 nitrogen and oxygen atoms in total. The monoisotopic (exact) mass is 389 g/mol. The van der Waals surface area contributed by atoms with Crippen LogP contribution in [-0.4, -0.2) is 61.2 Å². The normalized spacial score (nSPS) is 14.9. The number of carbonyl (C=O) groups excluding carboxylic acids is 2. The van der Waals surface area contributed by atoms with Gasteiger partial charge in [-0.2, -0.15) is 0 Å². The van der Waals surface area contributed by atoms with Crippen LogP contribution in [0.25, 0.3) is 0 Å². The van der Waals surface area contributed by atoms with Crippen LogP contribution in [0.15, 0.2) is 35.3 Å². The molecule has 0 unspecified atom stereocenters. The molecule has 3 N–H and O–H groups in total. The van der Waals surface area contributed by atoms with E-state index < -0.39 is 5.60 Å². The van der Waals surface area contributed by atoms with Crippen molar-refractivity contribution in [1.82, 2.24) is 20.9 Å². The predicted molar refractivity (Wildman–Crippen MR) is 109 cm³/mol. The van der Waals surface area contributed by atoms with E-state index in [0.29, 0.717) is 38.6 Å². The van der Waals surface area contributed by atoms with Crippen molar-refractivity contribution in [3.63, 3.8) is 0 Å². The second kappa shape index (κ2) is 9.96. The molecular weight excluding hydrogens is 358 g/mol. The van der Waals surface area contributed by atoms with E-state index in [2.05, 4.69) is 20.9 Å². The quantitative estimate of drug-likeness (QED) is 0.506. The maximum atomic E-state index is 11.9. The van der Waals surface area contributed by atoms with E-state index in [0.717, 1.165) is 5.56 Å². The second-order valence-corrected chi connectivity index (χ2v) is 7.74. The lowest BCUT2D eigenvalue weighted by Gasteiger charge is -2.40. The SMILES string of the molecule is CN=C(NCCC(=O)NCc1ccccc1)NC1CN(C(=O)OC(C)(C)C)C1. The fraction of sp³-hybridized carbons (Fsp3) is 0.550. The van der Waals surface area contributed by atoms with Gasteiger partial charge in [-0.05, 0) is 26.3 Å². The largest absolute Gasteiger partial charge is 0.444 e. The maximum absolute atomic E-state index is 11.9. The molecule has 8 heteroatoms. The number of carbonyl (C=O) groups is 2. The molecule has 1 aliphatic rings. The van der Waals surface area contributed by atoms with Gasteiger partial charge in [0.15, 0.2) is 5.96 Å². The van der Waals surface area contributed by atoms with Crippen LogP contribution >= 0.6 is 0 Å². The fourth-order valence-electron chi connectivity index (χ4n) is 2.61. The number of aliphatic imine (C=N–C) groups is 1. The van der Waals surface area contributed by atoms with Crippen molar-refractivity contribution in [2.75, 3.05) is 26.7 Å². The number of rotatable bonds is 6. The highest BCUT2D eigenvalue weighted by Crippen LogP contribution is 2.15. The summed E-state index contributed by atoms with van der Waals surface area (Å²) in [6.07, 6.45) is 0.0472. The standard InChI is InChI=1S/C20H31N5O3/c1-20(2,3)28-19(27)25-13-16(14-25)24-18(21-4)22-11-10-17(26)23-12-15-8-6-5-7-9-15/h5-9,16H,10-14H2,1-4H3,(H,23,26)(H2,21,22,24). The van der Waals surface area contributed by atoms with Gasteiger partial charge in [0.05, 0.1) is 6.04 Å². The minimum Gasteiger partial charge on any atom is -0.444 e. The number of nitrogens with zero attached hydrogens (tertiary/aromatic N) is 2. The molecule has 1 heterocycles. The first-order chi connectivity index (χ1) is 13.3. The van der Waals surface area contributed by atoms with Crippen molar-refractivity contribution in [2.45, 2.75) is 45.4 Å². The molecule has 0 bridgehead atoms. The van der Waals surface area contributed by atoms with Gasteiger partial charge in [0.2, 0.25) is 5.91 Å². The lowest BCUT2D eigenvalue weighted by atomic mass is 10.1. The molecule has 28 heavy (non-hydrogen) atoms. The Bertz CT molecular complexity index is 679. The summed E-state index contributed by atoms with van der Waals surface area (Å²) < 4.78 is 5.34. The zero-order valence-corrected chi connectivity index (χ0v) is 17.1. The van der Waals surface area contributed by atoms with E-state index in [1.165, 1.54) is 0 Å². The summed E-state index contributed by atoms with van der Waals surface area (Å²) in [6, 6.07) is 9.91. The molecule has 0 saturated carbocycles. The van der Waals surface area contributed by atoms with Crippen molar-refractivity contribution in [3.8, 4) is 0 Å². The molecule has 0 aliphatic carbocycles. The maximum Gasteiger partial charge on any atom is 0.410 e. The molecule has 1 saturated heterocycles. The van der Waals surface area contributed by atoms with Crippen LogP contribution < -0.4 is 16.0 Å². The molecule has 1 fully saturated rings. The van der Waals surface area contributed by atoms with Crippen molar-refractivity contribution in [3.05, 3.63) is 35.9 Å². The Kier molecular flexibility index (Phi) is 7.66. The summed E-state index contributed by atoms with van der Waals surface area (Å²) in [7, 11) is 1.68. The van der Waals surface area contributed by atoms with Crippen LogP contribution in [0.5, 0.6) is 0 Å². The minimum atomic E-state index is -0.492. The zero-order valence-electron chi connectivity index (χ0n) is 17.1. The Labute approximate surface area is 166 Å². The second-order valence-electron chi connectivity index (χ2n) is 7.74. The Morgan fingerprint density at radius 1 is 1.18 bits per heavy atom. The van der Waals surface area contributed by atoms with Gasteiger partial charge < -0.3 is 25.6 Å². The van der Waals surface area contributed by atoms with Gasteiger partial charge in [-0.3, -0.25) is 9.79 Å². The third-order valence-electron chi connectivity index (χ3n) is 4.07. The molecule has 1 aromatic carbocycles. The third-order valence-corrected chi connectivity index (χ3v) is 4.07. The molecule has 0 aromatic heterocycles. The number of nitrogens with one attached hydrogen (secondary N) is 3. The van der Waals surface area contributed by atoms with Gasteiger partial charge in [-0.1, -0.05) is 30.3 Å². The average Bonchev–Trinajstić information content (AvgIpc) is 2.60. The van der Waals surface area contributed by atoms with Gasteiger partial charge in [0, 0.05) is 39.6 Å². The number of hydrogen-bond donors (Lipinski definition) is 3. The van der Waals surface area contributed by atoms with E-state index in [4.69, 9.17) is 4.74 Å². The molecule has 0 radical (unpaired) electrons. The first-order valence-electron chi connectivity index (χ1n) is 9.52. The van der Waals surface area contributed by atoms with Gasteiger partial charge in [-0.15, -0.1) is 0 Å². The molecule has 2 rings (SSSR count). The molecular formula is C20H31N5O3. The summed E-state index contributed by atoms with van der Waals surface area (Å²) in [4.78, 5) is 29.7. The lowest BCUT2D eigenvalue weighted by molar-refractivity contribution is -0.121. The molecule has 2 amide bonds. The highest BCUT2D eigenvalue weighted by molar-refractivity contribution is 5.82. The van der Waals surface area contributed by atoms with Gasteiger partial charge in [-0.25, -0.2) is 4.79 Å². The predicted octanol–water partition coefficient (Wildman–Crippen LogP) is 1.48. The minimum absolute atomic E-state index is 0.0217. The Morgan fingerprint density at radius 3 is 2.46 bits per heavy atom. The van der Waals surface area contributed by atoms with E-state index in [1.807, 2.05) is 51.1 Å². The summed E-state index contributed by atoms with van der Waals surface area (Å²) in [5, 5.41) is 9.26. The van der Waals surface area contributed by atoms with Gasteiger partial charge >= 0.3 is 6.09 Å². The van der Waals surface area contributed by atoms with Crippen LogP contribution in [0, 0.1) is 0 Å². The topological polar surface area (TPSA) is 95.1 Å². The summed E-state index contributed by atoms with van der Waals surface area (Å²) in [5.74, 6) is 0.594. The van der Waals surface area contributed by atoms with Crippen LogP contribution in [0.3, 0.4) is 0 Å². The summed E-state index contributed by atoms with van der Waals surface area (Å²) in [6.45, 7) is 7.67. The van der Waals surface area contributed by atoms with Crippen molar-refractivity contribution < 1.29 is 14.3 Å². The van der Waals surface area contributed by atoms with Crippen molar-refractivity contribution in [1.29, 1.82) is 0 Å². The smallest absolute Gasteiger partial charge is 0.410 e. The Morgan fingerprint density at radius 2 is 1.86 bits per heavy atom. The van der Waals surface area contributed by atoms with Crippen molar-refractivity contribution in [2.24, 2.45) is 4.99 Å². The number of benzene rings is 1. The van der Waals surface area contributed by atoms with Gasteiger partial charge in [0.1, 0.15) is 5.60 Å². The Balaban J connectivity index is 1.61. The summed E-state index contributed by atoms with van der Waals surface area (Å²) >= 11 is 0. The van der Waals surface area contributed by atoms with Gasteiger partial charge in [0.25, 0.3) is 0 Å². The number of amides is 2. The average molecular weight is 390 g/mol. The van der Waals surface area contributed by atoms with Crippen LogP contribution in [0.1, 0.15) is 32.8 Å². The fourth-order valence-corrected chi connectivity index (χ4v) is 2.61. The number of ether oxygens (including phenoxy) is 1. The Hall–Kier alpha value is -2.77. The number of likely N-dealkylation sites (tertiary alicyclic amines) is 1. The molecule has 154 valence electrons. The highest BCUT2D eigenvalue weighted by atomic mass is 16.6. The zero-order chi connectivity index (χ0) is 20.6. The van der Waals surface area contributed by atoms with E-state index >= 15 is 0 Å². The lowest BCUT2D eigenvalue weighted by Crippen LogP contribution is -2.63. The van der Waals surface area contributed by atoms with E-state index in [1.54, 1.807) is 11.9 Å². The molecule has 1 aromatic rings. The first kappa shape index (κ1) is 21.5. The van der Waals surface area contributed by atoms with Crippen LogP contribution in [0.4, 0.5) is 4.79 Å². The van der Waals surface area contributed by atoms with Crippen molar-refractivity contribution >= 4 is 18.0 Å². The van der Waals surface area contributed by atoms with Crippen LogP contribution in [0.2, 0.25) is 0 Å².